The number of aryl methyl sites for hydroxylation is 2. The predicted molar refractivity (Wildman–Crippen MR) is 120 cm³/mol. The largest absolute Gasteiger partial charge is 0.504 e. The van der Waals surface area contributed by atoms with Crippen molar-refractivity contribution < 1.29 is 19.8 Å². The maximum atomic E-state index is 13.3. The number of para-hydroxylation sites is 2. The van der Waals surface area contributed by atoms with Gasteiger partial charge in [0.15, 0.2) is 11.5 Å². The van der Waals surface area contributed by atoms with Crippen LogP contribution < -0.4 is 0 Å². The molecule has 0 aliphatic heterocycles. The van der Waals surface area contributed by atoms with Crippen molar-refractivity contribution in [1.82, 2.24) is 9.55 Å². The number of ketones is 2. The molecule has 154 valence electrons. The molecule has 6 heteroatoms. The number of aliphatic hydroxyl groups is 2. The minimum absolute atomic E-state index is 0.168. The third kappa shape index (κ3) is 2.45. The summed E-state index contributed by atoms with van der Waals surface area (Å²) < 4.78 is 1.89. The maximum Gasteiger partial charge on any atom is 0.232 e. The smallest absolute Gasteiger partial charge is 0.232 e. The second kappa shape index (κ2) is 6.47. The maximum absolute atomic E-state index is 13.3. The quantitative estimate of drug-likeness (QED) is 0.417. The molecule has 3 N–H and O–H groups in total. The average molecular weight is 412 g/mol. The van der Waals surface area contributed by atoms with E-state index in [0.717, 1.165) is 16.4 Å². The van der Waals surface area contributed by atoms with Gasteiger partial charge in [-0.1, -0.05) is 36.4 Å². The van der Waals surface area contributed by atoms with Crippen LogP contribution in [0.15, 0.2) is 60.0 Å². The number of fused-ring (bicyclic) bond motifs is 2. The fourth-order valence-electron chi connectivity index (χ4n) is 4.58. The number of nitrogens with zero attached hydrogens (tertiary/aromatic N) is 1. The van der Waals surface area contributed by atoms with E-state index in [1.807, 2.05) is 61.0 Å². The lowest BCUT2D eigenvalue weighted by atomic mass is 9.84. The summed E-state index contributed by atoms with van der Waals surface area (Å²) in [6.45, 7) is 3.58. The van der Waals surface area contributed by atoms with E-state index in [1.54, 1.807) is 13.0 Å². The number of rotatable bonds is 2. The van der Waals surface area contributed by atoms with Gasteiger partial charge in [0.25, 0.3) is 0 Å². The molecule has 0 radical (unpaired) electrons. The highest BCUT2D eigenvalue weighted by molar-refractivity contribution is 6.48. The molecular weight excluding hydrogens is 392 g/mol. The van der Waals surface area contributed by atoms with Gasteiger partial charge in [0.05, 0.1) is 11.1 Å². The second-order valence-electron chi connectivity index (χ2n) is 7.81. The summed E-state index contributed by atoms with van der Waals surface area (Å²) >= 11 is 0. The first-order chi connectivity index (χ1) is 14.8. The molecule has 5 rings (SSSR count). The number of carbonyl (C=O) groups is 2. The van der Waals surface area contributed by atoms with Gasteiger partial charge in [0, 0.05) is 51.4 Å². The Labute approximate surface area is 177 Å². The fraction of sp³-hybridized carbons (Fsp3) is 0.120. The van der Waals surface area contributed by atoms with Crippen LogP contribution in [0.3, 0.4) is 0 Å². The SMILES string of the molecule is Cc1[nH]c2ccccc2c1C1=C(O)C(=O)C(c2c(C)n(C)c3ccccc23)=C(O)C1=O. The monoisotopic (exact) mass is 412 g/mol. The van der Waals surface area contributed by atoms with Crippen LogP contribution in [0.25, 0.3) is 33.0 Å². The molecule has 31 heavy (non-hydrogen) atoms. The van der Waals surface area contributed by atoms with Crippen molar-refractivity contribution >= 4 is 44.5 Å². The molecule has 0 spiro atoms. The fourth-order valence-corrected chi connectivity index (χ4v) is 4.58. The van der Waals surface area contributed by atoms with E-state index in [1.165, 1.54) is 0 Å². The molecule has 2 aromatic heterocycles. The van der Waals surface area contributed by atoms with Gasteiger partial charge < -0.3 is 19.8 Å². The van der Waals surface area contributed by atoms with Gasteiger partial charge in [-0.2, -0.15) is 0 Å². The molecule has 1 aliphatic rings. The molecule has 0 saturated heterocycles. The van der Waals surface area contributed by atoms with E-state index in [4.69, 9.17) is 0 Å². The van der Waals surface area contributed by atoms with Crippen molar-refractivity contribution in [2.24, 2.45) is 7.05 Å². The van der Waals surface area contributed by atoms with Gasteiger partial charge in [0.2, 0.25) is 11.6 Å². The number of benzene rings is 2. The first-order valence-corrected chi connectivity index (χ1v) is 9.90. The van der Waals surface area contributed by atoms with E-state index in [-0.39, 0.29) is 11.1 Å². The van der Waals surface area contributed by atoms with Gasteiger partial charge in [0.1, 0.15) is 0 Å². The van der Waals surface area contributed by atoms with Crippen molar-refractivity contribution in [2.45, 2.75) is 13.8 Å². The van der Waals surface area contributed by atoms with Crippen LogP contribution in [-0.4, -0.2) is 31.3 Å². The van der Waals surface area contributed by atoms with Crippen molar-refractivity contribution in [2.75, 3.05) is 0 Å². The number of hydrogen-bond donors (Lipinski definition) is 3. The van der Waals surface area contributed by atoms with Crippen molar-refractivity contribution in [3.8, 4) is 0 Å². The number of H-pyrrole nitrogens is 1. The molecule has 2 heterocycles. The van der Waals surface area contributed by atoms with E-state index >= 15 is 0 Å². The summed E-state index contributed by atoms with van der Waals surface area (Å²) in [7, 11) is 1.85. The Hall–Kier alpha value is -4.06. The molecule has 0 fully saturated rings. The molecule has 0 saturated carbocycles. The van der Waals surface area contributed by atoms with Gasteiger partial charge in [-0.3, -0.25) is 9.59 Å². The Bertz CT molecular complexity index is 1510. The molecular formula is C25H20N2O4. The van der Waals surface area contributed by atoms with E-state index in [2.05, 4.69) is 4.98 Å². The van der Waals surface area contributed by atoms with Gasteiger partial charge >= 0.3 is 0 Å². The standard InChI is InChI=1S/C25H20N2O4/c1-12-18(14-8-4-6-10-16(14)26-12)20-22(28)24(30)21(25(31)23(20)29)19-13(2)27(3)17-11-7-5-9-15(17)19/h4-11,26,28,31H,1-3H3. The number of carbonyl (C=O) groups excluding carboxylic acids is 2. The minimum Gasteiger partial charge on any atom is -0.504 e. The topological polar surface area (TPSA) is 95.3 Å². The Morgan fingerprint density at radius 3 is 2.00 bits per heavy atom. The van der Waals surface area contributed by atoms with Crippen molar-refractivity contribution in [1.29, 1.82) is 0 Å². The lowest BCUT2D eigenvalue weighted by molar-refractivity contribution is -0.116. The Morgan fingerprint density at radius 1 is 0.774 bits per heavy atom. The molecule has 1 aliphatic carbocycles. The number of nitrogens with one attached hydrogen (secondary N) is 1. The van der Waals surface area contributed by atoms with Gasteiger partial charge in [-0.05, 0) is 26.0 Å². The van der Waals surface area contributed by atoms with Crippen LogP contribution in [0.5, 0.6) is 0 Å². The van der Waals surface area contributed by atoms with Crippen LogP contribution in [0.4, 0.5) is 0 Å². The van der Waals surface area contributed by atoms with Crippen LogP contribution in [-0.2, 0) is 16.6 Å². The number of Topliss-reactive ketones (excluding diaryl/α,β-unsaturated/α-hetero) is 2. The summed E-state index contributed by atoms with van der Waals surface area (Å²) in [6.07, 6.45) is 0. The van der Waals surface area contributed by atoms with Crippen LogP contribution in [0.2, 0.25) is 0 Å². The molecule has 2 aromatic carbocycles. The number of allylic oxidation sites excluding steroid dienone is 2. The third-order valence-electron chi connectivity index (χ3n) is 6.15. The van der Waals surface area contributed by atoms with Gasteiger partial charge in [-0.15, -0.1) is 0 Å². The molecule has 0 unspecified atom stereocenters. The summed E-state index contributed by atoms with van der Waals surface area (Å²) in [4.78, 5) is 29.8. The van der Waals surface area contributed by atoms with Crippen molar-refractivity contribution in [3.05, 3.63) is 82.6 Å². The average Bonchev–Trinajstić information content (AvgIpc) is 3.22. The number of aliphatic hydroxyl groups excluding tert-OH is 2. The Morgan fingerprint density at radius 2 is 1.32 bits per heavy atom. The zero-order valence-corrected chi connectivity index (χ0v) is 17.3. The summed E-state index contributed by atoms with van der Waals surface area (Å²) in [5.74, 6) is -2.84. The number of aromatic amines is 1. The van der Waals surface area contributed by atoms with E-state index in [0.29, 0.717) is 27.9 Å². The first kappa shape index (κ1) is 18.9. The summed E-state index contributed by atoms with van der Waals surface area (Å²) in [6, 6.07) is 14.7. The minimum atomic E-state index is -0.771. The normalized spacial score (nSPS) is 15.1. The lowest BCUT2D eigenvalue weighted by Gasteiger charge is -2.19. The zero-order chi connectivity index (χ0) is 22.0. The molecule has 0 atom stereocenters. The molecule has 0 bridgehead atoms. The predicted octanol–water partition coefficient (Wildman–Crippen LogP) is 4.67. The van der Waals surface area contributed by atoms with Gasteiger partial charge in [-0.25, -0.2) is 0 Å². The zero-order valence-electron chi connectivity index (χ0n) is 17.3. The van der Waals surface area contributed by atoms with E-state index in [9.17, 15) is 19.8 Å². The highest BCUT2D eigenvalue weighted by Gasteiger charge is 2.39. The Kier molecular flexibility index (Phi) is 3.95. The summed E-state index contributed by atoms with van der Waals surface area (Å²) in [5, 5.41) is 23.3. The van der Waals surface area contributed by atoms with Crippen molar-refractivity contribution in [3.63, 3.8) is 0 Å². The van der Waals surface area contributed by atoms with Crippen LogP contribution >= 0.6 is 0 Å². The number of hydrogen-bond acceptors (Lipinski definition) is 4. The second-order valence-corrected chi connectivity index (χ2v) is 7.81. The van der Waals surface area contributed by atoms with Crippen LogP contribution in [0.1, 0.15) is 22.5 Å². The van der Waals surface area contributed by atoms with E-state index < -0.39 is 23.1 Å². The highest BCUT2D eigenvalue weighted by Crippen LogP contribution is 2.41. The lowest BCUT2D eigenvalue weighted by Crippen LogP contribution is -2.23. The Balaban J connectivity index is 1.77. The number of aromatic nitrogens is 2. The molecule has 6 nitrogen and oxygen atoms in total. The highest BCUT2D eigenvalue weighted by atomic mass is 16.3. The first-order valence-electron chi connectivity index (χ1n) is 9.90. The van der Waals surface area contributed by atoms with Crippen LogP contribution in [0, 0.1) is 13.8 Å². The third-order valence-corrected chi connectivity index (χ3v) is 6.15. The summed E-state index contributed by atoms with van der Waals surface area (Å²) in [5.41, 5.74) is 3.50. The molecule has 4 aromatic rings. The molecule has 0 amide bonds.